The maximum absolute atomic E-state index is 13.1. The molecule has 1 amide bonds. The number of ether oxygens (including phenoxy) is 1. The molecule has 0 atom stereocenters. The van der Waals surface area contributed by atoms with Gasteiger partial charge < -0.3 is 19.4 Å². The van der Waals surface area contributed by atoms with E-state index < -0.39 is 36.2 Å². The van der Waals surface area contributed by atoms with E-state index in [1.807, 2.05) is 27.7 Å². The number of amides is 1. The van der Waals surface area contributed by atoms with Crippen molar-refractivity contribution in [2.45, 2.75) is 76.5 Å². The second-order valence-electron chi connectivity index (χ2n) is 9.53. The van der Waals surface area contributed by atoms with E-state index in [2.05, 4.69) is 5.32 Å². The number of carbonyl (C=O) groups excluding carboxylic acids is 1. The number of rotatable bonds is 6. The monoisotopic (exact) mass is 407 g/mol. The molecule has 1 aliphatic heterocycles. The second kappa shape index (κ2) is 6.94. The first-order valence-electron chi connectivity index (χ1n) is 10.3. The maximum atomic E-state index is 13.1. The molecule has 0 radical (unpaired) electrons. The summed E-state index contributed by atoms with van der Waals surface area (Å²) in [7, 11) is -0.564. The van der Waals surface area contributed by atoms with E-state index in [-0.39, 0.29) is 12.8 Å². The van der Waals surface area contributed by atoms with Crippen molar-refractivity contribution < 1.29 is 27.6 Å². The van der Waals surface area contributed by atoms with Crippen LogP contribution in [0.4, 0.5) is 8.78 Å². The molecule has 1 N–H and O–H groups in total. The van der Waals surface area contributed by atoms with Crippen molar-refractivity contribution in [2.24, 2.45) is 5.92 Å². The van der Waals surface area contributed by atoms with E-state index in [0.29, 0.717) is 23.8 Å². The molecule has 1 saturated heterocycles. The van der Waals surface area contributed by atoms with Gasteiger partial charge in [0, 0.05) is 18.9 Å². The van der Waals surface area contributed by atoms with Gasteiger partial charge in [-0.2, -0.15) is 0 Å². The molecule has 2 aliphatic carbocycles. The highest BCUT2D eigenvalue weighted by Crippen LogP contribution is 2.38. The number of carbonyl (C=O) groups is 1. The van der Waals surface area contributed by atoms with Crippen LogP contribution in [0.1, 0.15) is 63.7 Å². The third-order valence-corrected chi connectivity index (χ3v) is 6.37. The number of benzene rings is 1. The Morgan fingerprint density at radius 1 is 1.17 bits per heavy atom. The fraction of sp³-hybridized carbons (Fsp3) is 0.667. The van der Waals surface area contributed by atoms with Crippen LogP contribution in [-0.4, -0.2) is 42.8 Å². The van der Waals surface area contributed by atoms with Crippen LogP contribution in [0, 0.1) is 5.92 Å². The van der Waals surface area contributed by atoms with Gasteiger partial charge in [-0.25, -0.2) is 8.78 Å². The fourth-order valence-corrected chi connectivity index (χ4v) is 3.49. The van der Waals surface area contributed by atoms with Crippen LogP contribution in [0.15, 0.2) is 18.2 Å². The minimum atomic E-state index is -2.68. The third-order valence-electron chi connectivity index (χ3n) is 6.37. The van der Waals surface area contributed by atoms with Crippen LogP contribution in [-0.2, 0) is 9.31 Å². The highest BCUT2D eigenvalue weighted by Gasteiger charge is 2.52. The molecule has 1 heterocycles. The zero-order chi connectivity index (χ0) is 21.0. The summed E-state index contributed by atoms with van der Waals surface area (Å²) in [6, 6.07) is 4.71. The molecule has 3 aliphatic rings. The zero-order valence-corrected chi connectivity index (χ0v) is 17.4. The first kappa shape index (κ1) is 20.6. The van der Waals surface area contributed by atoms with Crippen molar-refractivity contribution in [1.82, 2.24) is 5.32 Å². The Labute approximate surface area is 170 Å². The molecule has 8 heteroatoms. The molecule has 1 aromatic carbocycles. The molecule has 0 spiro atoms. The summed E-state index contributed by atoms with van der Waals surface area (Å²) in [4.78, 5) is 12.7. The molecule has 2 saturated carbocycles. The molecule has 4 rings (SSSR count). The Hall–Kier alpha value is -1.67. The Morgan fingerprint density at radius 2 is 1.79 bits per heavy atom. The zero-order valence-electron chi connectivity index (χ0n) is 17.4. The highest BCUT2D eigenvalue weighted by atomic mass is 19.3. The minimum absolute atomic E-state index is 0.316. The average molecular weight is 407 g/mol. The lowest BCUT2D eigenvalue weighted by Crippen LogP contribution is -2.50. The first-order chi connectivity index (χ1) is 13.5. The summed E-state index contributed by atoms with van der Waals surface area (Å²) in [6.07, 6.45) is 1.61. The molecular formula is C21H28BF2NO4. The minimum Gasteiger partial charge on any atom is -0.492 e. The predicted octanol–water partition coefficient (Wildman–Crippen LogP) is 3.30. The summed E-state index contributed by atoms with van der Waals surface area (Å²) in [5.74, 6) is -2.12. The lowest BCUT2D eigenvalue weighted by molar-refractivity contribution is -0.0901. The van der Waals surface area contributed by atoms with Crippen molar-refractivity contribution in [3.05, 3.63) is 23.8 Å². The Balaban J connectivity index is 1.53. The van der Waals surface area contributed by atoms with Crippen molar-refractivity contribution in [3.63, 3.8) is 0 Å². The molecule has 158 valence electrons. The molecule has 3 fully saturated rings. The lowest BCUT2D eigenvalue weighted by Gasteiger charge is -2.35. The standard InChI is InChI=1S/C21H28BF2NO4/c1-19(2)20(3,4)29-22(28-19)14-7-8-16(17(9-14)27-12-13-5-6-13)18(26)25-15-10-21(23,24)11-15/h7-9,13,15H,5-6,10-12H2,1-4H3,(H,25,26). The van der Waals surface area contributed by atoms with E-state index in [0.717, 1.165) is 18.3 Å². The maximum Gasteiger partial charge on any atom is 0.494 e. The van der Waals surface area contributed by atoms with Gasteiger partial charge >= 0.3 is 7.12 Å². The van der Waals surface area contributed by atoms with Crippen LogP contribution in [0.2, 0.25) is 0 Å². The summed E-state index contributed by atoms with van der Waals surface area (Å²) in [5.41, 5.74) is 0.165. The van der Waals surface area contributed by atoms with E-state index >= 15 is 0 Å². The van der Waals surface area contributed by atoms with Crippen molar-refractivity contribution >= 4 is 18.5 Å². The van der Waals surface area contributed by atoms with Gasteiger partial charge in [-0.05, 0) is 64.1 Å². The van der Waals surface area contributed by atoms with Crippen LogP contribution in [0.5, 0.6) is 5.75 Å². The smallest absolute Gasteiger partial charge is 0.492 e. The van der Waals surface area contributed by atoms with Gasteiger partial charge in [-0.3, -0.25) is 4.79 Å². The third kappa shape index (κ3) is 4.28. The van der Waals surface area contributed by atoms with Gasteiger partial charge in [0.15, 0.2) is 0 Å². The number of hydrogen-bond donors (Lipinski definition) is 1. The largest absolute Gasteiger partial charge is 0.494 e. The van der Waals surface area contributed by atoms with Crippen molar-refractivity contribution in [1.29, 1.82) is 0 Å². The fourth-order valence-electron chi connectivity index (χ4n) is 3.49. The Kier molecular flexibility index (Phi) is 4.93. The predicted molar refractivity (Wildman–Crippen MR) is 106 cm³/mol. The number of nitrogens with one attached hydrogen (secondary N) is 1. The van der Waals surface area contributed by atoms with E-state index in [1.165, 1.54) is 0 Å². The normalized spacial score (nSPS) is 24.8. The van der Waals surface area contributed by atoms with Crippen LogP contribution >= 0.6 is 0 Å². The first-order valence-corrected chi connectivity index (χ1v) is 10.3. The van der Waals surface area contributed by atoms with E-state index in [1.54, 1.807) is 18.2 Å². The van der Waals surface area contributed by atoms with Crippen LogP contribution in [0.25, 0.3) is 0 Å². The number of halogens is 2. The van der Waals surface area contributed by atoms with Gasteiger partial charge in [0.2, 0.25) is 0 Å². The topological polar surface area (TPSA) is 56.8 Å². The average Bonchev–Trinajstić information content (AvgIpc) is 3.37. The Bertz CT molecular complexity index is 786. The van der Waals surface area contributed by atoms with Crippen molar-refractivity contribution in [2.75, 3.05) is 6.61 Å². The summed E-state index contributed by atoms with van der Waals surface area (Å²) in [5, 5.41) is 2.69. The van der Waals surface area contributed by atoms with Crippen molar-refractivity contribution in [3.8, 4) is 5.75 Å². The number of hydrogen-bond acceptors (Lipinski definition) is 4. The van der Waals surface area contributed by atoms with Gasteiger partial charge in [0.05, 0.1) is 23.4 Å². The highest BCUT2D eigenvalue weighted by molar-refractivity contribution is 6.62. The molecule has 0 bridgehead atoms. The summed E-state index contributed by atoms with van der Waals surface area (Å²) in [6.45, 7) is 8.46. The SMILES string of the molecule is CC1(C)OB(c2ccc(C(=O)NC3CC(F)(F)C3)c(OCC3CC3)c2)OC1(C)C. The van der Waals surface area contributed by atoms with Gasteiger partial charge in [-0.15, -0.1) is 0 Å². The molecular weight excluding hydrogens is 379 g/mol. The lowest BCUT2D eigenvalue weighted by atomic mass is 9.78. The quantitative estimate of drug-likeness (QED) is 0.736. The van der Waals surface area contributed by atoms with Crippen LogP contribution < -0.4 is 15.5 Å². The summed E-state index contributed by atoms with van der Waals surface area (Å²) < 4.78 is 44.3. The molecule has 5 nitrogen and oxygen atoms in total. The molecule has 0 unspecified atom stereocenters. The van der Waals surface area contributed by atoms with E-state index in [4.69, 9.17) is 14.0 Å². The van der Waals surface area contributed by atoms with E-state index in [9.17, 15) is 13.6 Å². The summed E-state index contributed by atoms with van der Waals surface area (Å²) >= 11 is 0. The Morgan fingerprint density at radius 3 is 2.34 bits per heavy atom. The van der Waals surface area contributed by atoms with Gasteiger partial charge in [-0.1, -0.05) is 6.07 Å². The second-order valence-corrected chi connectivity index (χ2v) is 9.53. The number of alkyl halides is 2. The van der Waals surface area contributed by atoms with Gasteiger partial charge in [0.25, 0.3) is 11.8 Å². The van der Waals surface area contributed by atoms with Gasteiger partial charge in [0.1, 0.15) is 5.75 Å². The molecule has 0 aromatic heterocycles. The van der Waals surface area contributed by atoms with Crippen LogP contribution in [0.3, 0.4) is 0 Å². The molecule has 29 heavy (non-hydrogen) atoms. The molecule has 1 aromatic rings.